The van der Waals surface area contributed by atoms with E-state index in [2.05, 4.69) is 0 Å². The third kappa shape index (κ3) is 5.17. The van der Waals surface area contributed by atoms with E-state index in [1.54, 1.807) is 13.8 Å². The highest BCUT2D eigenvalue weighted by atomic mass is 16.5. The number of carbonyl (C=O) groups is 2. The molecule has 0 fully saturated rings. The summed E-state index contributed by atoms with van der Waals surface area (Å²) in [6, 6.07) is 1.99. The zero-order valence-electron chi connectivity index (χ0n) is 12.5. The Morgan fingerprint density at radius 1 is 1.30 bits per heavy atom. The minimum atomic E-state index is -1.02. The molecule has 0 bridgehead atoms. The van der Waals surface area contributed by atoms with Gasteiger partial charge in [0.25, 0.3) is 0 Å². The van der Waals surface area contributed by atoms with Crippen molar-refractivity contribution in [1.82, 2.24) is 4.90 Å². The number of methoxy groups -OCH3 is 1. The van der Waals surface area contributed by atoms with E-state index in [1.165, 1.54) is 12.0 Å². The molecule has 6 heteroatoms. The summed E-state index contributed by atoms with van der Waals surface area (Å²) >= 11 is 0. The first-order valence-corrected chi connectivity index (χ1v) is 6.84. The molecule has 0 rings (SSSR count). The van der Waals surface area contributed by atoms with E-state index < -0.39 is 11.4 Å². The maximum Gasteiger partial charge on any atom is 0.310 e. The molecule has 6 nitrogen and oxygen atoms in total. The molecule has 20 heavy (non-hydrogen) atoms. The molecule has 1 N–H and O–H groups in total. The number of rotatable bonds is 10. The molecule has 0 aromatic carbocycles. The molecule has 0 aliphatic heterocycles. The topological polar surface area (TPSA) is 90.6 Å². The van der Waals surface area contributed by atoms with Gasteiger partial charge in [-0.1, -0.05) is 13.8 Å². The Balaban J connectivity index is 4.87. The van der Waals surface area contributed by atoms with Crippen molar-refractivity contribution >= 4 is 11.9 Å². The highest BCUT2D eigenvalue weighted by Crippen LogP contribution is 2.31. The van der Waals surface area contributed by atoms with Crippen molar-refractivity contribution in [2.75, 3.05) is 26.8 Å². The van der Waals surface area contributed by atoms with Crippen LogP contribution < -0.4 is 0 Å². The van der Waals surface area contributed by atoms with Gasteiger partial charge in [-0.05, 0) is 12.8 Å². The lowest BCUT2D eigenvalue weighted by atomic mass is 9.79. The van der Waals surface area contributed by atoms with E-state index >= 15 is 0 Å². The van der Waals surface area contributed by atoms with Gasteiger partial charge in [-0.2, -0.15) is 5.26 Å². The largest absolute Gasteiger partial charge is 0.481 e. The first-order chi connectivity index (χ1) is 9.47. The Morgan fingerprint density at radius 2 is 1.90 bits per heavy atom. The van der Waals surface area contributed by atoms with Crippen molar-refractivity contribution < 1.29 is 19.4 Å². The second-order valence-electron chi connectivity index (χ2n) is 4.75. The summed E-state index contributed by atoms with van der Waals surface area (Å²) in [5.41, 5.74) is -1.02. The first-order valence-electron chi connectivity index (χ1n) is 6.84. The second kappa shape index (κ2) is 9.32. The predicted molar refractivity (Wildman–Crippen MR) is 74.0 cm³/mol. The molecule has 0 saturated carbocycles. The van der Waals surface area contributed by atoms with Crippen LogP contribution >= 0.6 is 0 Å². The van der Waals surface area contributed by atoms with Gasteiger partial charge in [0.15, 0.2) is 0 Å². The lowest BCUT2D eigenvalue weighted by Gasteiger charge is -2.29. The lowest BCUT2D eigenvalue weighted by molar-refractivity contribution is -0.154. The van der Waals surface area contributed by atoms with Crippen molar-refractivity contribution in [2.45, 2.75) is 39.5 Å². The highest BCUT2D eigenvalue weighted by Gasteiger charge is 2.38. The fourth-order valence-electron chi connectivity index (χ4n) is 2.03. The molecule has 0 radical (unpaired) electrons. The molecule has 1 amide bonds. The van der Waals surface area contributed by atoms with Crippen LogP contribution in [0.2, 0.25) is 0 Å². The van der Waals surface area contributed by atoms with E-state index in [-0.39, 0.29) is 18.7 Å². The molecule has 0 aliphatic rings. The minimum absolute atomic E-state index is 0.0372. The fourth-order valence-corrected chi connectivity index (χ4v) is 2.03. The maximum atomic E-state index is 12.3. The SMILES string of the molecule is CCC(CC)(CC(=O)N(CCC#N)CCOC)C(=O)O. The summed E-state index contributed by atoms with van der Waals surface area (Å²) in [5, 5.41) is 18.0. The van der Waals surface area contributed by atoms with Gasteiger partial charge in [0.2, 0.25) is 5.91 Å². The van der Waals surface area contributed by atoms with Crippen LogP contribution in [-0.4, -0.2) is 48.7 Å². The highest BCUT2D eigenvalue weighted by molar-refractivity contribution is 5.85. The number of nitrogens with zero attached hydrogens (tertiary/aromatic N) is 2. The number of ether oxygens (including phenoxy) is 1. The normalized spacial score (nSPS) is 10.9. The molecule has 0 heterocycles. The standard InChI is InChI=1S/C14H24N2O4/c1-4-14(5-2,13(18)19)11-12(17)16(8-6-7-15)9-10-20-3/h4-6,8-11H2,1-3H3,(H,18,19). The van der Waals surface area contributed by atoms with Gasteiger partial charge >= 0.3 is 5.97 Å². The predicted octanol–water partition coefficient (Wildman–Crippen LogP) is 1.66. The van der Waals surface area contributed by atoms with Crippen molar-refractivity contribution in [2.24, 2.45) is 5.41 Å². The Hall–Kier alpha value is -1.61. The van der Waals surface area contributed by atoms with Crippen LogP contribution in [0, 0.1) is 16.7 Å². The molecule has 0 aliphatic carbocycles. The van der Waals surface area contributed by atoms with E-state index in [4.69, 9.17) is 10.00 Å². The third-order valence-corrected chi connectivity index (χ3v) is 3.71. The van der Waals surface area contributed by atoms with Crippen LogP contribution in [0.1, 0.15) is 39.5 Å². The Bertz CT molecular complexity index is 359. The number of nitriles is 1. The van der Waals surface area contributed by atoms with E-state index in [9.17, 15) is 14.7 Å². The minimum Gasteiger partial charge on any atom is -0.481 e. The number of hydrogen-bond donors (Lipinski definition) is 1. The zero-order chi connectivity index (χ0) is 15.6. The van der Waals surface area contributed by atoms with Crippen LogP contribution in [-0.2, 0) is 14.3 Å². The number of hydrogen-bond acceptors (Lipinski definition) is 4. The second-order valence-corrected chi connectivity index (χ2v) is 4.75. The average Bonchev–Trinajstić information content (AvgIpc) is 2.44. The summed E-state index contributed by atoms with van der Waals surface area (Å²) < 4.78 is 4.94. The van der Waals surface area contributed by atoms with Crippen molar-refractivity contribution in [1.29, 1.82) is 5.26 Å². The van der Waals surface area contributed by atoms with Crippen LogP contribution in [0.4, 0.5) is 0 Å². The van der Waals surface area contributed by atoms with Gasteiger partial charge in [-0.25, -0.2) is 0 Å². The van der Waals surface area contributed by atoms with Crippen LogP contribution in [0.25, 0.3) is 0 Å². The molecule has 0 saturated heterocycles. The van der Waals surface area contributed by atoms with Crippen molar-refractivity contribution in [3.63, 3.8) is 0 Å². The number of carbonyl (C=O) groups excluding carboxylic acids is 1. The van der Waals surface area contributed by atoms with Gasteiger partial charge in [0.05, 0.1) is 24.5 Å². The van der Waals surface area contributed by atoms with Crippen molar-refractivity contribution in [3.05, 3.63) is 0 Å². The molecular formula is C14H24N2O4. The van der Waals surface area contributed by atoms with Gasteiger partial charge in [-0.3, -0.25) is 9.59 Å². The number of carboxylic acids is 1. The fraction of sp³-hybridized carbons (Fsp3) is 0.786. The summed E-state index contributed by atoms with van der Waals surface area (Å²) in [6.07, 6.45) is 1.00. The van der Waals surface area contributed by atoms with Crippen molar-refractivity contribution in [3.8, 4) is 6.07 Å². The molecule has 0 atom stereocenters. The summed E-state index contributed by atoms with van der Waals surface area (Å²) in [7, 11) is 1.53. The average molecular weight is 284 g/mol. The quantitative estimate of drug-likeness (QED) is 0.658. The molecular weight excluding hydrogens is 260 g/mol. The molecule has 0 aromatic heterocycles. The number of aliphatic carboxylic acids is 1. The number of carboxylic acid groups (broad SMARTS) is 1. The third-order valence-electron chi connectivity index (χ3n) is 3.71. The Morgan fingerprint density at radius 3 is 2.30 bits per heavy atom. The van der Waals surface area contributed by atoms with Gasteiger partial charge < -0.3 is 14.7 Å². The molecule has 0 aromatic rings. The Kier molecular flexibility index (Phi) is 8.57. The summed E-state index contributed by atoms with van der Waals surface area (Å²) in [6.45, 7) is 4.61. The molecule has 0 spiro atoms. The van der Waals surface area contributed by atoms with Gasteiger partial charge in [-0.15, -0.1) is 0 Å². The molecule has 0 unspecified atom stereocenters. The van der Waals surface area contributed by atoms with Crippen LogP contribution in [0.5, 0.6) is 0 Å². The maximum absolute atomic E-state index is 12.3. The first kappa shape index (κ1) is 18.4. The van der Waals surface area contributed by atoms with Crippen LogP contribution in [0.3, 0.4) is 0 Å². The lowest BCUT2D eigenvalue weighted by Crippen LogP contribution is -2.41. The smallest absolute Gasteiger partial charge is 0.310 e. The summed E-state index contributed by atoms with van der Waals surface area (Å²) in [4.78, 5) is 25.2. The van der Waals surface area contributed by atoms with Crippen LogP contribution in [0.15, 0.2) is 0 Å². The summed E-state index contributed by atoms with van der Waals surface area (Å²) in [5.74, 6) is -1.17. The number of amides is 1. The van der Waals surface area contributed by atoms with E-state index in [0.29, 0.717) is 32.5 Å². The molecule has 114 valence electrons. The Labute approximate surface area is 120 Å². The zero-order valence-corrected chi connectivity index (χ0v) is 12.5. The van der Waals surface area contributed by atoms with Gasteiger partial charge in [0.1, 0.15) is 0 Å². The van der Waals surface area contributed by atoms with Gasteiger partial charge in [0, 0.05) is 26.6 Å². The monoisotopic (exact) mass is 284 g/mol. The van der Waals surface area contributed by atoms with E-state index in [1.807, 2.05) is 6.07 Å². The van der Waals surface area contributed by atoms with E-state index in [0.717, 1.165) is 0 Å².